The highest BCUT2D eigenvalue weighted by Gasteiger charge is 2.59. The Labute approximate surface area is 214 Å². The van der Waals surface area contributed by atoms with E-state index >= 15 is 0 Å². The Kier molecular flexibility index (Phi) is 9.50. The molecule has 0 spiro atoms. The summed E-state index contributed by atoms with van der Waals surface area (Å²) in [6, 6.07) is 20.3. The summed E-state index contributed by atoms with van der Waals surface area (Å²) >= 11 is 0. The molecular formula is C25H24F6O4S2. The highest BCUT2D eigenvalue weighted by Crippen LogP contribution is 2.35. The molecule has 202 valence electrons. The van der Waals surface area contributed by atoms with Crippen LogP contribution in [0.3, 0.4) is 0 Å². The Bertz CT molecular complexity index is 1250. The number of benzene rings is 3. The van der Waals surface area contributed by atoms with E-state index in [0.717, 1.165) is 4.90 Å². The molecular weight excluding hydrogens is 542 g/mol. The summed E-state index contributed by atoms with van der Waals surface area (Å²) in [5.41, 5.74) is 5.03. The quantitative estimate of drug-likeness (QED) is 0.227. The predicted octanol–water partition coefficient (Wildman–Crippen LogP) is 6.20. The normalized spacial score (nSPS) is 13.2. The summed E-state index contributed by atoms with van der Waals surface area (Å²) in [4.78, 5) is 3.71. The second-order valence-corrected chi connectivity index (χ2v) is 11.8. The lowest BCUT2D eigenvalue weighted by molar-refractivity contribution is -0.248. The van der Waals surface area contributed by atoms with E-state index in [1.54, 1.807) is 12.1 Å². The van der Waals surface area contributed by atoms with Crippen molar-refractivity contribution >= 4 is 21.0 Å². The fourth-order valence-corrected chi connectivity index (χ4v) is 6.25. The summed E-state index contributed by atoms with van der Waals surface area (Å²) in [6.45, 7) is 8.52. The molecule has 3 aromatic rings. The summed E-state index contributed by atoms with van der Waals surface area (Å²) in [7, 11) is -6.77. The van der Waals surface area contributed by atoms with Gasteiger partial charge in [0.05, 0.1) is 10.9 Å². The molecule has 0 aromatic heterocycles. The van der Waals surface area contributed by atoms with Crippen LogP contribution in [0.15, 0.2) is 75.4 Å². The summed E-state index contributed by atoms with van der Waals surface area (Å²) in [5, 5.41) is 2.02. The zero-order chi connectivity index (χ0) is 28.3. The maximum atomic E-state index is 13.4. The average molecular weight is 567 g/mol. The molecule has 1 atom stereocenters. The van der Waals surface area contributed by atoms with Gasteiger partial charge in [-0.15, -0.1) is 0 Å². The standard InChI is InChI=1S/C22H22FS.C3H3F5O4S/c1-15-9-16(2)12-21(11-15)24(20-7-5-19(23)6-8-20)22-13-17(3)10-18(4)14-22;4-2(5,6)1(9)3(7,8)13(10,11)12/h5-14H,1-4H3;1,9H,(H,10,11,12)/q+1;/p-1. The molecule has 37 heavy (non-hydrogen) atoms. The minimum Gasteiger partial charge on any atom is -0.743 e. The topological polar surface area (TPSA) is 77.4 Å². The second kappa shape index (κ2) is 11.5. The van der Waals surface area contributed by atoms with Crippen molar-refractivity contribution in [3.8, 4) is 0 Å². The third-order valence-electron chi connectivity index (χ3n) is 4.87. The number of halogens is 6. The van der Waals surface area contributed by atoms with Gasteiger partial charge < -0.3 is 9.66 Å². The van der Waals surface area contributed by atoms with Gasteiger partial charge in [0.1, 0.15) is 5.82 Å². The third-order valence-corrected chi connectivity index (χ3v) is 7.92. The first-order chi connectivity index (χ1) is 16.8. The molecule has 0 saturated heterocycles. The fourth-order valence-electron chi connectivity index (χ4n) is 3.41. The van der Waals surface area contributed by atoms with Crippen molar-refractivity contribution in [1.82, 2.24) is 0 Å². The van der Waals surface area contributed by atoms with Gasteiger partial charge >= 0.3 is 11.4 Å². The molecule has 4 nitrogen and oxygen atoms in total. The van der Waals surface area contributed by atoms with Crippen LogP contribution >= 0.6 is 0 Å². The summed E-state index contributed by atoms with van der Waals surface area (Å²) < 4.78 is 100. The van der Waals surface area contributed by atoms with E-state index in [-0.39, 0.29) is 16.7 Å². The molecule has 0 bridgehead atoms. The largest absolute Gasteiger partial charge is 0.743 e. The first kappa shape index (κ1) is 30.7. The van der Waals surface area contributed by atoms with E-state index in [2.05, 4.69) is 64.1 Å². The number of alkyl halides is 5. The molecule has 12 heteroatoms. The molecule has 0 aliphatic carbocycles. The van der Waals surface area contributed by atoms with E-state index in [0.29, 0.717) is 0 Å². The van der Waals surface area contributed by atoms with Crippen molar-refractivity contribution in [1.29, 1.82) is 0 Å². The number of aliphatic hydroxyl groups is 1. The lowest BCUT2D eigenvalue weighted by Crippen LogP contribution is -2.49. The van der Waals surface area contributed by atoms with Crippen LogP contribution in [0.2, 0.25) is 0 Å². The SMILES string of the molecule is Cc1cc(C)cc([S+](c2ccc(F)cc2)c2cc(C)cc(C)c2)c1.O=S(=O)([O-])C(F)(F)C(O)C(F)(F)F. The van der Waals surface area contributed by atoms with Crippen LogP contribution in [0.5, 0.6) is 0 Å². The van der Waals surface area contributed by atoms with Gasteiger partial charge in [-0.3, -0.25) is 0 Å². The molecule has 0 aliphatic heterocycles. The highest BCUT2D eigenvalue weighted by molar-refractivity contribution is 7.97. The van der Waals surface area contributed by atoms with Gasteiger partial charge in [0.2, 0.25) is 6.10 Å². The fraction of sp³-hybridized carbons (Fsp3) is 0.280. The van der Waals surface area contributed by atoms with Crippen molar-refractivity contribution in [2.75, 3.05) is 0 Å². The molecule has 0 heterocycles. The van der Waals surface area contributed by atoms with Crippen LogP contribution in [0.25, 0.3) is 0 Å². The Hall–Kier alpha value is -2.54. The van der Waals surface area contributed by atoms with Crippen LogP contribution in [-0.2, 0) is 21.0 Å². The summed E-state index contributed by atoms with van der Waals surface area (Å²) in [6.07, 6.45) is -10.4. The number of hydrogen-bond acceptors (Lipinski definition) is 4. The Morgan fingerprint density at radius 3 is 1.35 bits per heavy atom. The molecule has 0 aliphatic rings. The van der Waals surface area contributed by atoms with Crippen LogP contribution in [0, 0.1) is 33.5 Å². The zero-order valence-corrected chi connectivity index (χ0v) is 21.7. The van der Waals surface area contributed by atoms with Gasteiger partial charge in [-0.25, -0.2) is 12.8 Å². The van der Waals surface area contributed by atoms with Crippen LogP contribution < -0.4 is 0 Å². The van der Waals surface area contributed by atoms with Gasteiger partial charge in [0.15, 0.2) is 24.8 Å². The Balaban J connectivity index is 0.000000317. The van der Waals surface area contributed by atoms with E-state index in [1.807, 2.05) is 12.1 Å². The Morgan fingerprint density at radius 1 is 0.730 bits per heavy atom. The molecule has 3 rings (SSSR count). The molecule has 1 N–H and O–H groups in total. The third kappa shape index (κ3) is 7.97. The van der Waals surface area contributed by atoms with Gasteiger partial charge in [0, 0.05) is 0 Å². The molecule has 0 amide bonds. The molecule has 0 saturated carbocycles. The van der Waals surface area contributed by atoms with Gasteiger partial charge in [0.25, 0.3) is 0 Å². The van der Waals surface area contributed by atoms with Crippen LogP contribution in [0.4, 0.5) is 26.3 Å². The number of aryl methyl sites for hydroxylation is 4. The number of aliphatic hydroxyl groups excluding tert-OH is 1. The second-order valence-electron chi connectivity index (χ2n) is 8.37. The van der Waals surface area contributed by atoms with Crippen molar-refractivity contribution in [2.24, 2.45) is 0 Å². The average Bonchev–Trinajstić information content (AvgIpc) is 2.72. The number of hydrogen-bond donors (Lipinski definition) is 1. The lowest BCUT2D eigenvalue weighted by Gasteiger charge is -2.26. The van der Waals surface area contributed by atoms with E-state index in [4.69, 9.17) is 5.11 Å². The maximum Gasteiger partial charge on any atom is 0.421 e. The first-order valence-corrected chi connectivity index (χ1v) is 13.2. The summed E-state index contributed by atoms with van der Waals surface area (Å²) in [5.74, 6) is -0.192. The van der Waals surface area contributed by atoms with E-state index in [1.165, 1.54) is 32.0 Å². The molecule has 3 aromatic carbocycles. The van der Waals surface area contributed by atoms with Crippen LogP contribution in [-0.4, -0.2) is 35.6 Å². The van der Waals surface area contributed by atoms with Gasteiger partial charge in [-0.05, 0) is 98.5 Å². The van der Waals surface area contributed by atoms with Crippen molar-refractivity contribution in [3.05, 3.63) is 88.7 Å². The number of rotatable bonds is 5. The van der Waals surface area contributed by atoms with Gasteiger partial charge in [-0.1, -0.05) is 12.1 Å². The van der Waals surface area contributed by atoms with E-state index < -0.39 is 27.7 Å². The Morgan fingerprint density at radius 2 is 1.08 bits per heavy atom. The smallest absolute Gasteiger partial charge is 0.421 e. The minimum atomic E-state index is -6.54. The van der Waals surface area contributed by atoms with Crippen LogP contribution in [0.1, 0.15) is 22.3 Å². The van der Waals surface area contributed by atoms with Crippen molar-refractivity contribution in [2.45, 2.75) is 59.9 Å². The molecule has 0 fully saturated rings. The highest BCUT2D eigenvalue weighted by atomic mass is 32.2. The minimum absolute atomic E-state index is 0.192. The van der Waals surface area contributed by atoms with Crippen molar-refractivity contribution in [3.63, 3.8) is 0 Å². The maximum absolute atomic E-state index is 13.4. The lowest BCUT2D eigenvalue weighted by atomic mass is 10.2. The van der Waals surface area contributed by atoms with E-state index in [9.17, 15) is 39.3 Å². The first-order valence-electron chi connectivity index (χ1n) is 10.6. The molecule has 1 unspecified atom stereocenters. The monoisotopic (exact) mass is 566 g/mol. The zero-order valence-electron chi connectivity index (χ0n) is 20.1. The van der Waals surface area contributed by atoms with Crippen molar-refractivity contribution < 1.29 is 44.4 Å². The predicted molar refractivity (Wildman–Crippen MR) is 127 cm³/mol. The molecule has 0 radical (unpaired) electrons. The van der Waals surface area contributed by atoms with Gasteiger partial charge in [-0.2, -0.15) is 22.0 Å².